The van der Waals surface area contributed by atoms with Crippen molar-refractivity contribution in [3.63, 3.8) is 0 Å². The molecule has 0 atom stereocenters. The van der Waals surface area contributed by atoms with Crippen LogP contribution in [0.25, 0.3) is 0 Å². The SMILES string of the molecule is CN(Cc1ncc[nH]1)C(=O)C1(c2ccc(F)cc2)CC1. The average molecular weight is 273 g/mol. The lowest BCUT2D eigenvalue weighted by Gasteiger charge is -2.23. The maximum atomic E-state index is 13.0. The fourth-order valence-electron chi connectivity index (χ4n) is 2.57. The number of imidazole rings is 1. The number of H-pyrrole nitrogens is 1. The third-order valence-corrected chi connectivity index (χ3v) is 3.84. The molecular weight excluding hydrogens is 257 g/mol. The van der Waals surface area contributed by atoms with Gasteiger partial charge in [-0.2, -0.15) is 0 Å². The van der Waals surface area contributed by atoms with Gasteiger partial charge in [-0.25, -0.2) is 9.37 Å². The van der Waals surface area contributed by atoms with Crippen LogP contribution >= 0.6 is 0 Å². The highest BCUT2D eigenvalue weighted by atomic mass is 19.1. The number of carbonyl (C=O) groups is 1. The maximum Gasteiger partial charge on any atom is 0.233 e. The van der Waals surface area contributed by atoms with Crippen LogP contribution in [0.4, 0.5) is 4.39 Å². The molecule has 0 bridgehead atoms. The van der Waals surface area contributed by atoms with E-state index in [0.29, 0.717) is 6.54 Å². The first-order chi connectivity index (χ1) is 9.62. The van der Waals surface area contributed by atoms with Gasteiger partial charge in [-0.3, -0.25) is 4.79 Å². The van der Waals surface area contributed by atoms with E-state index in [1.165, 1.54) is 12.1 Å². The zero-order chi connectivity index (χ0) is 14.2. The predicted octanol–water partition coefficient (Wildman–Crippen LogP) is 2.24. The van der Waals surface area contributed by atoms with Gasteiger partial charge in [0, 0.05) is 19.4 Å². The van der Waals surface area contributed by atoms with Crippen LogP contribution in [-0.4, -0.2) is 27.8 Å². The highest BCUT2D eigenvalue weighted by Crippen LogP contribution is 2.49. The molecule has 1 amide bonds. The maximum absolute atomic E-state index is 13.0. The fraction of sp³-hybridized carbons (Fsp3) is 0.333. The molecule has 104 valence electrons. The van der Waals surface area contributed by atoms with Crippen molar-refractivity contribution in [1.29, 1.82) is 0 Å². The van der Waals surface area contributed by atoms with Gasteiger partial charge in [0.2, 0.25) is 5.91 Å². The molecule has 5 heteroatoms. The summed E-state index contributed by atoms with van der Waals surface area (Å²) < 4.78 is 13.0. The lowest BCUT2D eigenvalue weighted by atomic mass is 9.94. The van der Waals surface area contributed by atoms with E-state index < -0.39 is 5.41 Å². The van der Waals surface area contributed by atoms with E-state index in [-0.39, 0.29) is 11.7 Å². The molecule has 1 aliphatic carbocycles. The molecule has 4 nitrogen and oxygen atoms in total. The minimum atomic E-state index is -0.463. The zero-order valence-electron chi connectivity index (χ0n) is 11.3. The molecule has 0 spiro atoms. The molecule has 0 aliphatic heterocycles. The number of nitrogens with one attached hydrogen (secondary N) is 1. The second-order valence-electron chi connectivity index (χ2n) is 5.29. The van der Waals surface area contributed by atoms with Gasteiger partial charge in [-0.15, -0.1) is 0 Å². The third kappa shape index (κ3) is 2.19. The van der Waals surface area contributed by atoms with Crippen molar-refractivity contribution in [3.8, 4) is 0 Å². The summed E-state index contributed by atoms with van der Waals surface area (Å²) in [5.41, 5.74) is 0.435. The second-order valence-corrected chi connectivity index (χ2v) is 5.29. The van der Waals surface area contributed by atoms with Crippen LogP contribution in [0, 0.1) is 5.82 Å². The van der Waals surface area contributed by atoms with Crippen LogP contribution in [0.3, 0.4) is 0 Å². The first-order valence-corrected chi connectivity index (χ1v) is 6.62. The molecule has 0 radical (unpaired) electrons. The van der Waals surface area contributed by atoms with E-state index >= 15 is 0 Å². The number of hydrogen-bond donors (Lipinski definition) is 1. The number of benzene rings is 1. The summed E-state index contributed by atoms with van der Waals surface area (Å²) in [5.74, 6) is 0.553. The number of aromatic nitrogens is 2. The Morgan fingerprint density at radius 1 is 1.40 bits per heavy atom. The third-order valence-electron chi connectivity index (χ3n) is 3.84. The Kier molecular flexibility index (Phi) is 3.04. The van der Waals surface area contributed by atoms with E-state index in [4.69, 9.17) is 0 Å². The lowest BCUT2D eigenvalue weighted by Crippen LogP contribution is -2.36. The summed E-state index contributed by atoms with van der Waals surface area (Å²) in [5, 5.41) is 0. The van der Waals surface area contributed by atoms with E-state index in [0.717, 1.165) is 24.2 Å². The van der Waals surface area contributed by atoms with Gasteiger partial charge in [-0.1, -0.05) is 12.1 Å². The molecule has 1 aliphatic rings. The second kappa shape index (κ2) is 4.74. The molecule has 0 unspecified atom stereocenters. The van der Waals surface area contributed by atoms with Crippen molar-refractivity contribution in [1.82, 2.24) is 14.9 Å². The summed E-state index contributed by atoms with van der Waals surface area (Å²) in [7, 11) is 1.77. The van der Waals surface area contributed by atoms with Gasteiger partial charge < -0.3 is 9.88 Å². The number of amides is 1. The Hall–Kier alpha value is -2.17. The lowest BCUT2D eigenvalue weighted by molar-refractivity contribution is -0.133. The van der Waals surface area contributed by atoms with E-state index in [1.807, 2.05) is 0 Å². The van der Waals surface area contributed by atoms with Crippen LogP contribution in [0.5, 0.6) is 0 Å². The number of hydrogen-bond acceptors (Lipinski definition) is 2. The van der Waals surface area contributed by atoms with Crippen molar-refractivity contribution in [2.75, 3.05) is 7.05 Å². The standard InChI is InChI=1S/C15H16FN3O/c1-19(10-13-17-8-9-18-13)14(20)15(6-7-15)11-2-4-12(16)5-3-11/h2-5,8-9H,6-7,10H2,1H3,(H,17,18). The van der Waals surface area contributed by atoms with Gasteiger partial charge in [0.25, 0.3) is 0 Å². The Morgan fingerprint density at radius 2 is 2.10 bits per heavy atom. The molecule has 1 fully saturated rings. The first kappa shape index (κ1) is 12.8. The van der Waals surface area contributed by atoms with Gasteiger partial charge in [0.15, 0.2) is 0 Å². The molecule has 1 saturated carbocycles. The number of likely N-dealkylation sites (N-methyl/N-ethyl adjacent to an activating group) is 1. The Labute approximate surface area is 116 Å². The van der Waals surface area contributed by atoms with Crippen LogP contribution < -0.4 is 0 Å². The van der Waals surface area contributed by atoms with Gasteiger partial charge in [0.05, 0.1) is 12.0 Å². The summed E-state index contributed by atoms with van der Waals surface area (Å²) in [6.45, 7) is 0.453. The van der Waals surface area contributed by atoms with Gasteiger partial charge in [-0.05, 0) is 30.5 Å². The molecular formula is C15H16FN3O. The van der Waals surface area contributed by atoms with Crippen LogP contribution in [0.15, 0.2) is 36.7 Å². The van der Waals surface area contributed by atoms with Crippen molar-refractivity contribution in [2.45, 2.75) is 24.8 Å². The van der Waals surface area contributed by atoms with Crippen LogP contribution in [0.2, 0.25) is 0 Å². The van der Waals surface area contributed by atoms with E-state index in [9.17, 15) is 9.18 Å². The minimum Gasteiger partial charge on any atom is -0.347 e. The number of aromatic amines is 1. The van der Waals surface area contributed by atoms with Gasteiger partial charge >= 0.3 is 0 Å². The summed E-state index contributed by atoms with van der Waals surface area (Å²) in [6, 6.07) is 6.24. The molecule has 1 N–H and O–H groups in total. The average Bonchev–Trinajstić information content (AvgIpc) is 3.10. The summed E-state index contributed by atoms with van der Waals surface area (Å²) >= 11 is 0. The largest absolute Gasteiger partial charge is 0.347 e. The molecule has 1 heterocycles. The molecule has 20 heavy (non-hydrogen) atoms. The Morgan fingerprint density at radius 3 is 2.65 bits per heavy atom. The van der Waals surface area contributed by atoms with E-state index in [2.05, 4.69) is 9.97 Å². The molecule has 1 aromatic heterocycles. The van der Waals surface area contributed by atoms with Crippen molar-refractivity contribution < 1.29 is 9.18 Å². The van der Waals surface area contributed by atoms with Gasteiger partial charge in [0.1, 0.15) is 11.6 Å². The highest BCUT2D eigenvalue weighted by Gasteiger charge is 2.52. The minimum absolute atomic E-state index is 0.0699. The number of nitrogens with zero attached hydrogens (tertiary/aromatic N) is 2. The van der Waals surface area contributed by atoms with Crippen molar-refractivity contribution in [2.24, 2.45) is 0 Å². The molecule has 1 aromatic carbocycles. The summed E-state index contributed by atoms with van der Waals surface area (Å²) in [4.78, 5) is 21.4. The first-order valence-electron chi connectivity index (χ1n) is 6.62. The quantitative estimate of drug-likeness (QED) is 0.928. The van der Waals surface area contributed by atoms with Crippen molar-refractivity contribution >= 4 is 5.91 Å². The van der Waals surface area contributed by atoms with Crippen molar-refractivity contribution in [3.05, 3.63) is 53.9 Å². The smallest absolute Gasteiger partial charge is 0.233 e. The fourth-order valence-corrected chi connectivity index (χ4v) is 2.57. The topological polar surface area (TPSA) is 49.0 Å². The predicted molar refractivity (Wildman–Crippen MR) is 72.4 cm³/mol. The Bertz CT molecular complexity index is 603. The monoisotopic (exact) mass is 273 g/mol. The number of rotatable bonds is 4. The highest BCUT2D eigenvalue weighted by molar-refractivity contribution is 5.91. The summed E-state index contributed by atoms with van der Waals surface area (Å²) in [6.07, 6.45) is 5.04. The van der Waals surface area contributed by atoms with Crippen LogP contribution in [0.1, 0.15) is 24.2 Å². The molecule has 3 rings (SSSR count). The Balaban J connectivity index is 1.77. The van der Waals surface area contributed by atoms with E-state index in [1.54, 1.807) is 36.5 Å². The normalized spacial score (nSPS) is 15.9. The number of halogens is 1. The molecule has 2 aromatic rings. The van der Waals surface area contributed by atoms with Crippen LogP contribution in [-0.2, 0) is 16.8 Å². The number of carbonyl (C=O) groups excluding carboxylic acids is 1. The zero-order valence-corrected chi connectivity index (χ0v) is 11.3. The molecule has 0 saturated heterocycles.